The fraction of sp³-hybridized carbons (Fsp3) is 0.421. The van der Waals surface area contributed by atoms with Gasteiger partial charge in [0.15, 0.2) is 0 Å². The largest absolute Gasteiger partial charge is 0.444 e. The Morgan fingerprint density at radius 2 is 1.63 bits per heavy atom. The summed E-state index contributed by atoms with van der Waals surface area (Å²) in [5.74, 6) is -0.664. The predicted octanol–water partition coefficient (Wildman–Crippen LogP) is 5.08. The van der Waals surface area contributed by atoms with Crippen LogP contribution >= 0.6 is 0 Å². The number of nitrogens with one attached hydrogen (secondary N) is 5. The van der Waals surface area contributed by atoms with Crippen molar-refractivity contribution in [2.75, 3.05) is 26.0 Å². The van der Waals surface area contributed by atoms with Gasteiger partial charge in [0.1, 0.15) is 11.6 Å². The van der Waals surface area contributed by atoms with Crippen LogP contribution in [0.4, 0.5) is 10.5 Å². The quantitative estimate of drug-likeness (QED) is 0.143. The van der Waals surface area contributed by atoms with Crippen LogP contribution < -0.4 is 21.5 Å². The average molecular weight is 733 g/mol. The Morgan fingerprint density at radius 1 is 0.942 bits per heavy atom. The Hall–Kier alpha value is -4.95. The average Bonchev–Trinajstić information content (AvgIpc) is 3.46. The van der Waals surface area contributed by atoms with Gasteiger partial charge in [-0.3, -0.25) is 24.6 Å². The number of carbonyl (C=O) groups excluding carboxylic acids is 3. The molecule has 52 heavy (non-hydrogen) atoms. The van der Waals surface area contributed by atoms with Crippen LogP contribution in [-0.2, 0) is 30.8 Å². The second-order valence-corrected chi connectivity index (χ2v) is 16.8. The molecule has 0 spiro atoms. The topological polar surface area (TPSA) is 183 Å². The molecule has 5 N–H and O–H groups in total. The van der Waals surface area contributed by atoms with Gasteiger partial charge in [0, 0.05) is 38.7 Å². The third-order valence-electron chi connectivity index (χ3n) is 9.31. The van der Waals surface area contributed by atoms with Gasteiger partial charge in [-0.2, -0.15) is 0 Å². The maximum absolute atomic E-state index is 13.8. The molecular weight excluding hydrogens is 685 g/mol. The summed E-state index contributed by atoms with van der Waals surface area (Å²) >= 11 is 0. The summed E-state index contributed by atoms with van der Waals surface area (Å²) in [6.45, 7) is 7.77. The highest BCUT2D eigenvalue weighted by Gasteiger charge is 2.30. The second kappa shape index (κ2) is 15.7. The Kier molecular flexibility index (Phi) is 11.6. The molecule has 1 atom stereocenters. The summed E-state index contributed by atoms with van der Waals surface area (Å²) in [7, 11) is -0.577. The number of fused-ring (bicyclic) bond motifs is 1. The Labute approximate surface area is 303 Å². The highest BCUT2D eigenvalue weighted by atomic mass is 32.2. The molecule has 13 nitrogen and oxygen atoms in total. The van der Waals surface area contributed by atoms with Gasteiger partial charge in [-0.05, 0) is 112 Å². The number of hydrogen-bond donors (Lipinski definition) is 5. The molecule has 1 heterocycles. The van der Waals surface area contributed by atoms with E-state index in [4.69, 9.17) is 4.74 Å². The van der Waals surface area contributed by atoms with Crippen molar-refractivity contribution in [3.05, 3.63) is 82.1 Å². The van der Waals surface area contributed by atoms with E-state index < -0.39 is 33.7 Å². The molecule has 4 aromatic rings. The molecule has 0 saturated heterocycles. The molecule has 0 bridgehead atoms. The SMILES string of the molecule is Cc1cc(S(=O)(=O)N(C)C)ccc1-c1ccc(C[C@H](NC(=O)C2CCC(CNC(=O)OC(C)(C)C)CC2)C(=O)Nc2ccc3c(=O)[nH][nH]c3c2)cc1. The van der Waals surface area contributed by atoms with Crippen LogP contribution in [0.25, 0.3) is 22.0 Å². The van der Waals surface area contributed by atoms with Crippen LogP contribution in [0.5, 0.6) is 0 Å². The van der Waals surface area contributed by atoms with Crippen molar-refractivity contribution in [2.45, 2.75) is 76.3 Å². The summed E-state index contributed by atoms with van der Waals surface area (Å²) in [5, 5.41) is 14.5. The van der Waals surface area contributed by atoms with E-state index in [-0.39, 0.29) is 34.6 Å². The van der Waals surface area contributed by atoms with Crippen molar-refractivity contribution in [3.8, 4) is 11.1 Å². The first kappa shape index (κ1) is 38.3. The third kappa shape index (κ3) is 9.48. The number of alkyl carbamates (subject to hydrolysis) is 1. The monoisotopic (exact) mass is 732 g/mol. The summed E-state index contributed by atoms with van der Waals surface area (Å²) in [6.07, 6.45) is 2.52. The van der Waals surface area contributed by atoms with Crippen LogP contribution in [0.3, 0.4) is 0 Å². The van der Waals surface area contributed by atoms with Crippen molar-refractivity contribution in [3.63, 3.8) is 0 Å². The van der Waals surface area contributed by atoms with Crippen molar-refractivity contribution in [1.29, 1.82) is 0 Å². The number of anilines is 1. The standard InChI is InChI=1S/C38H48N6O7S/c1-23-19-29(52(49,50)44(5)6)16-18-30(23)26-11-7-24(8-12-26)20-33(36(47)40-28-15-17-31-32(21-28)42-43-35(31)46)41-34(45)27-13-9-25(10-14-27)22-39-37(48)51-38(2,3)4/h7-8,11-12,15-19,21,25,27,33H,9-10,13-14,20,22H2,1-6H3,(H,39,48)(H,40,47)(H,41,45)(H2,42,43,46)/t25?,27?,33-/m0/s1. The van der Waals surface area contributed by atoms with E-state index in [9.17, 15) is 27.6 Å². The first-order chi connectivity index (χ1) is 24.5. The van der Waals surface area contributed by atoms with Gasteiger partial charge in [-0.1, -0.05) is 30.3 Å². The first-order valence-electron chi connectivity index (χ1n) is 17.4. The van der Waals surface area contributed by atoms with E-state index >= 15 is 0 Å². The number of sulfonamides is 1. The van der Waals surface area contributed by atoms with Gasteiger partial charge < -0.3 is 20.7 Å². The van der Waals surface area contributed by atoms with Crippen LogP contribution in [0.2, 0.25) is 0 Å². The van der Waals surface area contributed by atoms with Gasteiger partial charge in [0.2, 0.25) is 21.8 Å². The molecule has 1 aliphatic carbocycles. The molecule has 0 aliphatic heterocycles. The lowest BCUT2D eigenvalue weighted by Gasteiger charge is -2.29. The number of aryl methyl sites for hydroxylation is 1. The maximum Gasteiger partial charge on any atom is 0.407 e. The number of rotatable bonds is 11. The number of ether oxygens (including phenoxy) is 1. The highest BCUT2D eigenvalue weighted by molar-refractivity contribution is 7.89. The molecule has 3 aromatic carbocycles. The van der Waals surface area contributed by atoms with Crippen molar-refractivity contribution >= 4 is 44.5 Å². The number of carbonyl (C=O) groups is 3. The summed E-state index contributed by atoms with van der Waals surface area (Å²) in [6, 6.07) is 16.7. The Balaban J connectivity index is 1.28. The predicted molar refractivity (Wildman–Crippen MR) is 200 cm³/mol. The molecule has 1 fully saturated rings. The van der Waals surface area contributed by atoms with Crippen molar-refractivity contribution in [2.24, 2.45) is 11.8 Å². The number of amides is 3. The zero-order valence-electron chi connectivity index (χ0n) is 30.5. The van der Waals surface area contributed by atoms with Crippen LogP contribution in [0.15, 0.2) is 70.4 Å². The van der Waals surface area contributed by atoms with Crippen molar-refractivity contribution < 1.29 is 27.5 Å². The fourth-order valence-electron chi connectivity index (χ4n) is 6.40. The zero-order valence-corrected chi connectivity index (χ0v) is 31.3. The van der Waals surface area contributed by atoms with Gasteiger partial charge in [-0.25, -0.2) is 17.5 Å². The molecule has 3 amide bonds. The molecule has 0 unspecified atom stereocenters. The van der Waals surface area contributed by atoms with E-state index in [1.165, 1.54) is 18.4 Å². The number of aromatic nitrogens is 2. The normalized spacial score (nSPS) is 17.1. The highest BCUT2D eigenvalue weighted by Crippen LogP contribution is 2.30. The van der Waals surface area contributed by atoms with E-state index in [1.807, 2.05) is 52.0 Å². The fourth-order valence-corrected chi connectivity index (χ4v) is 7.39. The molecule has 278 valence electrons. The number of aromatic amines is 2. The molecule has 5 rings (SSSR count). The summed E-state index contributed by atoms with van der Waals surface area (Å²) < 4.78 is 31.7. The lowest BCUT2D eigenvalue weighted by Crippen LogP contribution is -2.48. The Bertz CT molecular complexity index is 2090. The number of hydrogen-bond acceptors (Lipinski definition) is 7. The van der Waals surface area contributed by atoms with Gasteiger partial charge >= 0.3 is 6.09 Å². The Morgan fingerprint density at radius 3 is 2.27 bits per heavy atom. The van der Waals surface area contributed by atoms with Crippen LogP contribution in [-0.4, -0.2) is 73.1 Å². The molecule has 0 radical (unpaired) electrons. The van der Waals surface area contributed by atoms with E-state index in [2.05, 4.69) is 26.1 Å². The molecular formula is C38H48N6O7S. The smallest absolute Gasteiger partial charge is 0.407 e. The summed E-state index contributed by atoms with van der Waals surface area (Å²) in [5.41, 5.74) is 3.54. The third-order valence-corrected chi connectivity index (χ3v) is 11.1. The zero-order chi connectivity index (χ0) is 37.8. The van der Waals surface area contributed by atoms with Gasteiger partial charge in [0.25, 0.3) is 5.56 Å². The lowest BCUT2D eigenvalue weighted by atomic mass is 9.81. The number of benzene rings is 3. The van der Waals surface area contributed by atoms with E-state index in [0.717, 1.165) is 35.1 Å². The van der Waals surface area contributed by atoms with Gasteiger partial charge in [-0.15, -0.1) is 0 Å². The molecule has 1 saturated carbocycles. The minimum absolute atomic E-state index is 0.205. The maximum atomic E-state index is 13.8. The van der Waals surface area contributed by atoms with Crippen LogP contribution in [0.1, 0.15) is 57.6 Å². The molecule has 1 aliphatic rings. The minimum Gasteiger partial charge on any atom is -0.444 e. The van der Waals surface area contributed by atoms with Gasteiger partial charge in [0.05, 0.1) is 15.8 Å². The lowest BCUT2D eigenvalue weighted by molar-refractivity contribution is -0.130. The van der Waals surface area contributed by atoms with E-state index in [0.29, 0.717) is 36.0 Å². The summed E-state index contributed by atoms with van der Waals surface area (Å²) in [4.78, 5) is 51.7. The number of nitrogens with zero attached hydrogens (tertiary/aromatic N) is 1. The first-order valence-corrected chi connectivity index (χ1v) is 18.8. The van der Waals surface area contributed by atoms with Crippen molar-refractivity contribution in [1.82, 2.24) is 25.1 Å². The molecule has 1 aromatic heterocycles. The van der Waals surface area contributed by atoms with E-state index in [1.54, 1.807) is 36.4 Å². The second-order valence-electron chi connectivity index (χ2n) is 14.7. The number of H-pyrrole nitrogens is 2. The molecule has 14 heteroatoms. The van der Waals surface area contributed by atoms with Crippen LogP contribution in [0, 0.1) is 18.8 Å². The minimum atomic E-state index is -3.57.